The van der Waals surface area contributed by atoms with Crippen LogP contribution in [0.2, 0.25) is 0 Å². The predicted molar refractivity (Wildman–Crippen MR) is 162 cm³/mol. The zero-order chi connectivity index (χ0) is 28.6. The molecule has 0 N–H and O–H groups in total. The summed E-state index contributed by atoms with van der Waals surface area (Å²) in [4.78, 5) is 14.6. The van der Waals surface area contributed by atoms with Crippen molar-refractivity contribution >= 4 is 12.6 Å². The summed E-state index contributed by atoms with van der Waals surface area (Å²) in [5.41, 5.74) is 5.45. The second-order valence-corrected chi connectivity index (χ2v) is 11.2. The zero-order valence-electron chi connectivity index (χ0n) is 23.5. The minimum Gasteiger partial charge on any atom is -0.399 e. The topological polar surface area (TPSA) is 80.9 Å². The number of aromatic nitrogens is 3. The molecule has 41 heavy (non-hydrogen) atoms. The Balaban J connectivity index is 1.39. The monoisotopic (exact) mass is 536 g/mol. The standard InChI is InChI=1S/C34H29BN4O2/c1-33(2)34(3,4)41-35(40-33)29-19-17-26(18-20-29)31-37-30(25-9-6-5-7-10-25)38-32(39-31)28-12-8-11-27(21-28)24-15-13-23(22-36)14-16-24/h5-21H,1-4H3. The lowest BCUT2D eigenvalue weighted by atomic mass is 9.79. The van der Waals surface area contributed by atoms with Crippen LogP contribution in [0.4, 0.5) is 0 Å². The molecule has 1 aliphatic heterocycles. The molecule has 2 heterocycles. The van der Waals surface area contributed by atoms with Gasteiger partial charge >= 0.3 is 7.12 Å². The van der Waals surface area contributed by atoms with Gasteiger partial charge in [0.05, 0.1) is 22.8 Å². The van der Waals surface area contributed by atoms with Crippen LogP contribution in [-0.2, 0) is 9.31 Å². The maximum Gasteiger partial charge on any atom is 0.494 e. The molecule has 0 amide bonds. The van der Waals surface area contributed by atoms with Crippen LogP contribution in [0.25, 0.3) is 45.3 Å². The summed E-state index contributed by atoms with van der Waals surface area (Å²) < 4.78 is 12.5. The van der Waals surface area contributed by atoms with Gasteiger partial charge in [-0.3, -0.25) is 0 Å². The Morgan fingerprint density at radius 1 is 0.561 bits per heavy atom. The molecular weight excluding hydrogens is 507 g/mol. The second kappa shape index (κ2) is 10.4. The van der Waals surface area contributed by atoms with Crippen LogP contribution in [0.1, 0.15) is 33.3 Å². The summed E-state index contributed by atoms with van der Waals surface area (Å²) in [6.07, 6.45) is 0. The van der Waals surface area contributed by atoms with Crippen molar-refractivity contribution in [3.8, 4) is 51.4 Å². The maximum absolute atomic E-state index is 9.16. The van der Waals surface area contributed by atoms with Crippen molar-refractivity contribution in [3.63, 3.8) is 0 Å². The highest BCUT2D eigenvalue weighted by atomic mass is 16.7. The highest BCUT2D eigenvalue weighted by Crippen LogP contribution is 2.36. The number of nitrogens with zero attached hydrogens (tertiary/aromatic N) is 4. The molecule has 200 valence electrons. The fraction of sp³-hybridized carbons (Fsp3) is 0.176. The molecule has 6 nitrogen and oxygen atoms in total. The van der Waals surface area contributed by atoms with E-state index in [4.69, 9.17) is 29.5 Å². The Morgan fingerprint density at radius 2 is 1.05 bits per heavy atom. The van der Waals surface area contributed by atoms with Gasteiger partial charge in [-0.2, -0.15) is 5.26 Å². The summed E-state index contributed by atoms with van der Waals surface area (Å²) in [5.74, 6) is 1.77. The third kappa shape index (κ3) is 5.28. The lowest BCUT2D eigenvalue weighted by molar-refractivity contribution is 0.00578. The third-order valence-corrected chi connectivity index (χ3v) is 7.83. The van der Waals surface area contributed by atoms with E-state index in [9.17, 15) is 0 Å². The summed E-state index contributed by atoms with van der Waals surface area (Å²) in [6.45, 7) is 8.20. The minimum atomic E-state index is -0.437. The Hall–Kier alpha value is -4.64. The first-order valence-corrected chi connectivity index (χ1v) is 13.6. The van der Waals surface area contributed by atoms with Crippen LogP contribution in [0.15, 0.2) is 103 Å². The van der Waals surface area contributed by atoms with Gasteiger partial charge in [-0.1, -0.05) is 84.9 Å². The van der Waals surface area contributed by atoms with E-state index in [2.05, 4.69) is 39.8 Å². The van der Waals surface area contributed by atoms with Crippen molar-refractivity contribution in [2.45, 2.75) is 38.9 Å². The lowest BCUT2D eigenvalue weighted by Crippen LogP contribution is -2.41. The fourth-order valence-corrected chi connectivity index (χ4v) is 4.69. The van der Waals surface area contributed by atoms with Crippen molar-refractivity contribution in [1.29, 1.82) is 5.26 Å². The number of hydrogen-bond acceptors (Lipinski definition) is 6. The average Bonchev–Trinajstić information content (AvgIpc) is 3.23. The van der Waals surface area contributed by atoms with Crippen LogP contribution in [0, 0.1) is 11.3 Å². The molecular formula is C34H29BN4O2. The highest BCUT2D eigenvalue weighted by Gasteiger charge is 2.51. The Morgan fingerprint density at radius 3 is 1.63 bits per heavy atom. The zero-order valence-corrected chi connectivity index (χ0v) is 23.5. The highest BCUT2D eigenvalue weighted by molar-refractivity contribution is 6.62. The van der Waals surface area contributed by atoms with Gasteiger partial charge in [0.15, 0.2) is 17.5 Å². The Labute approximate surface area is 240 Å². The van der Waals surface area contributed by atoms with E-state index in [0.717, 1.165) is 33.3 Å². The summed E-state index contributed by atoms with van der Waals surface area (Å²) in [6, 6.07) is 35.8. The van der Waals surface area contributed by atoms with E-state index in [0.29, 0.717) is 23.0 Å². The van der Waals surface area contributed by atoms with E-state index in [1.54, 1.807) is 0 Å². The molecule has 7 heteroatoms. The molecule has 6 rings (SSSR count). The van der Waals surface area contributed by atoms with Crippen molar-refractivity contribution in [1.82, 2.24) is 15.0 Å². The SMILES string of the molecule is CC1(C)OB(c2ccc(-c3nc(-c4ccccc4)nc(-c4cccc(-c5ccc(C#N)cc5)c4)n3)cc2)OC1(C)C. The molecule has 1 aromatic heterocycles. The molecule has 5 aromatic rings. The smallest absolute Gasteiger partial charge is 0.399 e. The Kier molecular flexibility index (Phi) is 6.74. The number of nitriles is 1. The van der Waals surface area contributed by atoms with Gasteiger partial charge < -0.3 is 9.31 Å². The Bertz CT molecular complexity index is 1730. The van der Waals surface area contributed by atoms with Crippen LogP contribution in [0.5, 0.6) is 0 Å². The van der Waals surface area contributed by atoms with Crippen LogP contribution in [-0.4, -0.2) is 33.3 Å². The lowest BCUT2D eigenvalue weighted by Gasteiger charge is -2.32. The molecule has 0 unspecified atom stereocenters. The first-order valence-electron chi connectivity index (χ1n) is 13.6. The quantitative estimate of drug-likeness (QED) is 0.232. The van der Waals surface area contributed by atoms with Crippen molar-refractivity contribution < 1.29 is 9.31 Å². The van der Waals surface area contributed by atoms with Gasteiger partial charge in [-0.15, -0.1) is 0 Å². The molecule has 0 radical (unpaired) electrons. The molecule has 0 aliphatic carbocycles. The first-order chi connectivity index (χ1) is 19.7. The average molecular weight is 536 g/mol. The van der Waals surface area contributed by atoms with Gasteiger partial charge in [0.1, 0.15) is 0 Å². The molecule has 0 spiro atoms. The van der Waals surface area contributed by atoms with Crippen molar-refractivity contribution in [3.05, 3.63) is 109 Å². The van der Waals surface area contributed by atoms with E-state index < -0.39 is 18.3 Å². The fourth-order valence-electron chi connectivity index (χ4n) is 4.69. The second-order valence-electron chi connectivity index (χ2n) is 11.2. The number of benzene rings is 4. The van der Waals surface area contributed by atoms with Gasteiger partial charge in [-0.05, 0) is 62.5 Å². The van der Waals surface area contributed by atoms with Crippen molar-refractivity contribution in [2.75, 3.05) is 0 Å². The summed E-state index contributed by atoms with van der Waals surface area (Å²) >= 11 is 0. The normalized spacial score (nSPS) is 15.4. The predicted octanol–water partition coefficient (Wildman–Crippen LogP) is 6.71. The van der Waals surface area contributed by atoms with Gasteiger partial charge in [0, 0.05) is 16.7 Å². The first kappa shape index (κ1) is 26.6. The van der Waals surface area contributed by atoms with Crippen LogP contribution in [0.3, 0.4) is 0 Å². The summed E-state index contributed by atoms with van der Waals surface area (Å²) in [7, 11) is -0.437. The molecule has 1 aliphatic rings. The van der Waals surface area contributed by atoms with Gasteiger partial charge in [0.2, 0.25) is 0 Å². The number of rotatable bonds is 5. The molecule has 0 bridgehead atoms. The molecule has 0 atom stereocenters. The molecule has 1 fully saturated rings. The van der Waals surface area contributed by atoms with Crippen molar-refractivity contribution in [2.24, 2.45) is 0 Å². The molecule has 0 saturated carbocycles. The minimum absolute atomic E-state index is 0.406. The van der Waals surface area contributed by atoms with E-state index in [-0.39, 0.29) is 0 Å². The van der Waals surface area contributed by atoms with Gasteiger partial charge in [-0.25, -0.2) is 15.0 Å². The van der Waals surface area contributed by atoms with E-state index in [1.165, 1.54) is 0 Å². The van der Waals surface area contributed by atoms with E-state index >= 15 is 0 Å². The number of hydrogen-bond donors (Lipinski definition) is 0. The summed E-state index contributed by atoms with van der Waals surface area (Å²) in [5, 5.41) is 9.16. The molecule has 1 saturated heterocycles. The van der Waals surface area contributed by atoms with E-state index in [1.807, 2.05) is 97.1 Å². The third-order valence-electron chi connectivity index (χ3n) is 7.83. The van der Waals surface area contributed by atoms with Gasteiger partial charge in [0.25, 0.3) is 0 Å². The van der Waals surface area contributed by atoms with Crippen LogP contribution >= 0.6 is 0 Å². The van der Waals surface area contributed by atoms with Crippen LogP contribution < -0.4 is 5.46 Å². The maximum atomic E-state index is 9.16. The molecule has 4 aromatic carbocycles. The largest absolute Gasteiger partial charge is 0.494 e.